The first-order valence-corrected chi connectivity index (χ1v) is 10.2. The van der Waals surface area contributed by atoms with Gasteiger partial charge in [0.05, 0.1) is 14.1 Å². The number of amides is 2. The summed E-state index contributed by atoms with van der Waals surface area (Å²) in [5, 5.41) is 5.77. The highest BCUT2D eigenvalue weighted by atomic mass is 16.2. The lowest BCUT2D eigenvalue weighted by atomic mass is 9.87. The van der Waals surface area contributed by atoms with Gasteiger partial charge in [-0.1, -0.05) is 57.2 Å². The summed E-state index contributed by atoms with van der Waals surface area (Å²) in [6.07, 6.45) is 0.257. The number of rotatable bonds is 8. The number of hydrogen-bond donors (Lipinski definition) is 3. The summed E-state index contributed by atoms with van der Waals surface area (Å²) in [6, 6.07) is 15.8. The molecule has 2 aromatic carbocycles. The third kappa shape index (κ3) is 7.35. The molecule has 2 aromatic rings. The van der Waals surface area contributed by atoms with E-state index in [0.29, 0.717) is 18.7 Å². The number of hydrogen-bond acceptors (Lipinski definition) is 2. The molecule has 0 aromatic heterocycles. The van der Waals surface area contributed by atoms with Gasteiger partial charge in [-0.25, -0.2) is 0 Å². The molecule has 0 saturated heterocycles. The van der Waals surface area contributed by atoms with Crippen LogP contribution in [0, 0.1) is 0 Å². The monoisotopic (exact) mass is 396 g/mol. The molecule has 0 heterocycles. The Labute approximate surface area is 174 Å². The molecule has 0 aliphatic heterocycles. The number of nitrogens with one attached hydrogen (secondary N) is 3. The van der Waals surface area contributed by atoms with Crippen LogP contribution >= 0.6 is 0 Å². The van der Waals surface area contributed by atoms with Crippen LogP contribution in [0.1, 0.15) is 54.2 Å². The second-order valence-electron chi connectivity index (χ2n) is 8.76. The van der Waals surface area contributed by atoms with Gasteiger partial charge in [0.25, 0.3) is 5.91 Å². The molecule has 5 nitrogen and oxygen atoms in total. The minimum Gasteiger partial charge on any atom is -0.352 e. The molecule has 0 aliphatic carbocycles. The van der Waals surface area contributed by atoms with Crippen LogP contribution < -0.4 is 15.5 Å². The van der Waals surface area contributed by atoms with Gasteiger partial charge in [0.1, 0.15) is 6.54 Å². The first kappa shape index (κ1) is 22.6. The maximum absolute atomic E-state index is 12.3. The first-order chi connectivity index (χ1) is 13.7. The van der Waals surface area contributed by atoms with Gasteiger partial charge in [-0.15, -0.1) is 0 Å². The van der Waals surface area contributed by atoms with E-state index in [1.807, 2.05) is 42.5 Å². The molecule has 156 valence electrons. The van der Waals surface area contributed by atoms with Crippen LogP contribution in [-0.2, 0) is 23.3 Å². The molecule has 0 saturated carbocycles. The van der Waals surface area contributed by atoms with E-state index in [0.717, 1.165) is 12.1 Å². The van der Waals surface area contributed by atoms with Crippen molar-refractivity contribution in [3.63, 3.8) is 0 Å². The summed E-state index contributed by atoms with van der Waals surface area (Å²) in [7, 11) is 4.21. The van der Waals surface area contributed by atoms with Crippen LogP contribution in [0.4, 0.5) is 0 Å². The Morgan fingerprint density at radius 2 is 1.52 bits per heavy atom. The number of benzene rings is 2. The van der Waals surface area contributed by atoms with Gasteiger partial charge in [0, 0.05) is 30.6 Å². The Hall–Kier alpha value is -2.66. The van der Waals surface area contributed by atoms with Gasteiger partial charge in [-0.3, -0.25) is 9.59 Å². The lowest BCUT2D eigenvalue weighted by Crippen LogP contribution is -3.04. The predicted molar refractivity (Wildman–Crippen MR) is 117 cm³/mol. The summed E-state index contributed by atoms with van der Waals surface area (Å²) >= 11 is 0. The highest BCUT2D eigenvalue weighted by molar-refractivity contribution is 5.94. The molecule has 0 unspecified atom stereocenters. The van der Waals surface area contributed by atoms with Crippen molar-refractivity contribution in [2.75, 3.05) is 20.6 Å². The highest BCUT2D eigenvalue weighted by Crippen LogP contribution is 2.22. The fraction of sp³-hybridized carbons (Fsp3) is 0.417. The van der Waals surface area contributed by atoms with Crippen LogP contribution in [0.3, 0.4) is 0 Å². The molecule has 3 N–H and O–H groups in total. The molecular weight excluding hydrogens is 362 g/mol. The van der Waals surface area contributed by atoms with Crippen LogP contribution in [0.25, 0.3) is 0 Å². The van der Waals surface area contributed by atoms with E-state index >= 15 is 0 Å². The SMILES string of the molecule is C[NH+](C)Cc1ccccc1CNC(=O)CCNC(=O)c1ccc(C(C)(C)C)cc1. The lowest BCUT2D eigenvalue weighted by molar-refractivity contribution is -0.872. The number of carbonyl (C=O) groups is 2. The second-order valence-corrected chi connectivity index (χ2v) is 8.76. The quantitative estimate of drug-likeness (QED) is 0.640. The molecule has 29 heavy (non-hydrogen) atoms. The molecule has 5 heteroatoms. The van der Waals surface area contributed by atoms with Gasteiger partial charge in [0.2, 0.25) is 5.91 Å². The maximum atomic E-state index is 12.3. The molecule has 0 bridgehead atoms. The zero-order valence-electron chi connectivity index (χ0n) is 18.3. The van der Waals surface area contributed by atoms with Gasteiger partial charge in [0.15, 0.2) is 0 Å². The van der Waals surface area contributed by atoms with Gasteiger partial charge < -0.3 is 15.5 Å². The van der Waals surface area contributed by atoms with Gasteiger partial charge in [-0.2, -0.15) is 0 Å². The summed E-state index contributed by atoms with van der Waals surface area (Å²) in [6.45, 7) is 8.15. The van der Waals surface area contributed by atoms with Crippen LogP contribution in [0.2, 0.25) is 0 Å². The zero-order chi connectivity index (χ0) is 21.4. The van der Waals surface area contributed by atoms with E-state index in [1.54, 1.807) is 0 Å². The average molecular weight is 397 g/mol. The molecule has 0 fully saturated rings. The Morgan fingerprint density at radius 1 is 0.897 bits per heavy atom. The van der Waals surface area contributed by atoms with Crippen LogP contribution in [-0.4, -0.2) is 32.5 Å². The van der Waals surface area contributed by atoms with Crippen molar-refractivity contribution in [2.24, 2.45) is 0 Å². The molecule has 0 atom stereocenters. The summed E-state index contributed by atoms with van der Waals surface area (Å²) in [5.41, 5.74) is 4.22. The fourth-order valence-electron chi connectivity index (χ4n) is 3.08. The minimum absolute atomic E-state index is 0.0551. The third-order valence-corrected chi connectivity index (χ3v) is 4.79. The van der Waals surface area contributed by atoms with Gasteiger partial charge >= 0.3 is 0 Å². The molecule has 0 radical (unpaired) electrons. The molecule has 0 spiro atoms. The molecule has 2 amide bonds. The normalized spacial score (nSPS) is 11.4. The number of carbonyl (C=O) groups excluding carboxylic acids is 2. The van der Waals surface area contributed by atoms with E-state index in [9.17, 15) is 9.59 Å². The number of quaternary nitrogens is 1. The summed E-state index contributed by atoms with van der Waals surface area (Å²) < 4.78 is 0. The van der Waals surface area contributed by atoms with Crippen molar-refractivity contribution in [2.45, 2.75) is 45.7 Å². The second kappa shape index (κ2) is 10.2. The average Bonchev–Trinajstić information content (AvgIpc) is 2.66. The Balaban J connectivity index is 1.78. The van der Waals surface area contributed by atoms with Crippen molar-refractivity contribution < 1.29 is 14.5 Å². The van der Waals surface area contributed by atoms with Crippen LogP contribution in [0.5, 0.6) is 0 Å². The maximum Gasteiger partial charge on any atom is 0.251 e. The Morgan fingerprint density at radius 3 is 2.10 bits per heavy atom. The topological polar surface area (TPSA) is 62.6 Å². The minimum atomic E-state index is -0.155. The highest BCUT2D eigenvalue weighted by Gasteiger charge is 2.14. The van der Waals surface area contributed by atoms with Crippen molar-refractivity contribution in [3.8, 4) is 0 Å². The van der Waals surface area contributed by atoms with E-state index in [-0.39, 0.29) is 23.7 Å². The third-order valence-electron chi connectivity index (χ3n) is 4.79. The van der Waals surface area contributed by atoms with E-state index in [4.69, 9.17) is 0 Å². The van der Waals surface area contributed by atoms with Crippen LogP contribution in [0.15, 0.2) is 48.5 Å². The van der Waals surface area contributed by atoms with Gasteiger partial charge in [-0.05, 0) is 28.7 Å². The smallest absolute Gasteiger partial charge is 0.251 e. The first-order valence-electron chi connectivity index (χ1n) is 10.2. The van der Waals surface area contributed by atoms with E-state index < -0.39 is 0 Å². The van der Waals surface area contributed by atoms with E-state index in [1.165, 1.54) is 16.0 Å². The van der Waals surface area contributed by atoms with Crippen molar-refractivity contribution >= 4 is 11.8 Å². The molecule has 2 rings (SSSR count). The Bertz CT molecular complexity index is 821. The van der Waals surface area contributed by atoms with Crippen molar-refractivity contribution in [1.29, 1.82) is 0 Å². The van der Waals surface area contributed by atoms with Crippen molar-refractivity contribution in [3.05, 3.63) is 70.8 Å². The summed E-state index contributed by atoms with van der Waals surface area (Å²) in [5.74, 6) is -0.224. The molecular formula is C24H34N3O2+. The van der Waals surface area contributed by atoms with E-state index in [2.05, 4.69) is 51.6 Å². The Kier molecular flexibility index (Phi) is 7.97. The summed E-state index contributed by atoms with van der Waals surface area (Å²) in [4.78, 5) is 25.8. The lowest BCUT2D eigenvalue weighted by Gasteiger charge is -2.19. The van der Waals surface area contributed by atoms with Crippen molar-refractivity contribution in [1.82, 2.24) is 10.6 Å². The zero-order valence-corrected chi connectivity index (χ0v) is 18.3. The molecule has 0 aliphatic rings. The standard InChI is InChI=1S/C24H33N3O2/c1-24(2,3)21-12-10-18(11-13-21)23(29)25-15-14-22(28)26-16-19-8-6-7-9-20(19)17-27(4)5/h6-13H,14-17H2,1-5H3,(H,25,29)(H,26,28)/p+1. The fourth-order valence-corrected chi connectivity index (χ4v) is 3.08. The predicted octanol–water partition coefficient (Wildman–Crippen LogP) is 2.06. The largest absolute Gasteiger partial charge is 0.352 e.